The molecule has 5 heteroatoms. The number of rotatable bonds is 6. The van der Waals surface area contributed by atoms with Gasteiger partial charge in [0.15, 0.2) is 0 Å². The molecule has 1 aromatic heterocycles. The fraction of sp³-hybridized carbons (Fsp3) is 0.400. The van der Waals surface area contributed by atoms with Crippen molar-refractivity contribution in [3.05, 3.63) is 41.6 Å². The number of hydrogen-bond acceptors (Lipinski definition) is 4. The smallest absolute Gasteiger partial charge is 0.149 e. The molecule has 20 heavy (non-hydrogen) atoms. The zero-order valence-electron chi connectivity index (χ0n) is 12.0. The van der Waals surface area contributed by atoms with E-state index in [1.807, 2.05) is 37.1 Å². The average Bonchev–Trinajstić information content (AvgIpc) is 2.96. The van der Waals surface area contributed by atoms with Crippen LogP contribution in [-0.2, 0) is 6.42 Å². The molecule has 0 saturated heterocycles. The van der Waals surface area contributed by atoms with Gasteiger partial charge in [-0.2, -0.15) is 5.10 Å². The standard InChI is InChI=1S/C15H22N4O/c1-3-19(2)15(20)14-10-13(17-18-14)12-6-4-11(5-7-12)8-9-16/h4-7,10,15,20H,3,8-9,16H2,1-2H3,(H,17,18). The molecular weight excluding hydrogens is 252 g/mol. The molecule has 1 heterocycles. The third kappa shape index (κ3) is 3.25. The van der Waals surface area contributed by atoms with Gasteiger partial charge in [-0.25, -0.2) is 0 Å². The lowest BCUT2D eigenvalue weighted by molar-refractivity contribution is 0.0210. The normalized spacial score (nSPS) is 12.8. The quantitative estimate of drug-likeness (QED) is 0.698. The Hall–Kier alpha value is -1.69. The molecule has 0 fully saturated rings. The summed E-state index contributed by atoms with van der Waals surface area (Å²) in [5.41, 5.74) is 9.33. The highest BCUT2D eigenvalue weighted by molar-refractivity contribution is 5.59. The number of aromatic nitrogens is 2. The molecule has 1 aromatic carbocycles. The van der Waals surface area contributed by atoms with Gasteiger partial charge >= 0.3 is 0 Å². The predicted octanol–water partition coefficient (Wildman–Crippen LogP) is 1.52. The van der Waals surface area contributed by atoms with Crippen molar-refractivity contribution >= 4 is 0 Å². The van der Waals surface area contributed by atoms with Crippen LogP contribution in [0.25, 0.3) is 11.3 Å². The Kier molecular flexibility index (Phi) is 4.89. The first kappa shape index (κ1) is 14.7. The molecule has 0 spiro atoms. The summed E-state index contributed by atoms with van der Waals surface area (Å²) in [7, 11) is 1.87. The van der Waals surface area contributed by atoms with E-state index in [0.717, 1.165) is 24.2 Å². The number of H-pyrrole nitrogens is 1. The zero-order valence-corrected chi connectivity index (χ0v) is 12.0. The Labute approximate surface area is 119 Å². The van der Waals surface area contributed by atoms with Crippen molar-refractivity contribution < 1.29 is 5.11 Å². The van der Waals surface area contributed by atoms with E-state index in [1.165, 1.54) is 5.56 Å². The molecule has 1 atom stereocenters. The van der Waals surface area contributed by atoms with Crippen LogP contribution in [0, 0.1) is 0 Å². The minimum atomic E-state index is -0.655. The second-order valence-corrected chi connectivity index (χ2v) is 4.89. The van der Waals surface area contributed by atoms with Crippen LogP contribution in [0.5, 0.6) is 0 Å². The molecule has 0 saturated carbocycles. The van der Waals surface area contributed by atoms with Gasteiger partial charge in [-0.05, 0) is 38.2 Å². The number of nitrogens with two attached hydrogens (primary N) is 1. The van der Waals surface area contributed by atoms with Crippen LogP contribution in [0.3, 0.4) is 0 Å². The molecular formula is C15H22N4O. The minimum Gasteiger partial charge on any atom is -0.372 e. The summed E-state index contributed by atoms with van der Waals surface area (Å²) >= 11 is 0. The van der Waals surface area contributed by atoms with Crippen LogP contribution < -0.4 is 5.73 Å². The second-order valence-electron chi connectivity index (χ2n) is 4.89. The number of benzene rings is 1. The van der Waals surface area contributed by atoms with E-state index >= 15 is 0 Å². The Morgan fingerprint density at radius 1 is 1.35 bits per heavy atom. The lowest BCUT2D eigenvalue weighted by Crippen LogP contribution is -2.24. The largest absolute Gasteiger partial charge is 0.372 e. The maximum absolute atomic E-state index is 10.1. The van der Waals surface area contributed by atoms with Gasteiger partial charge in [0.05, 0.1) is 11.4 Å². The third-order valence-electron chi connectivity index (χ3n) is 3.47. The van der Waals surface area contributed by atoms with E-state index in [9.17, 15) is 5.11 Å². The minimum absolute atomic E-state index is 0.654. The van der Waals surface area contributed by atoms with Crippen molar-refractivity contribution in [1.82, 2.24) is 15.1 Å². The van der Waals surface area contributed by atoms with E-state index in [0.29, 0.717) is 12.2 Å². The summed E-state index contributed by atoms with van der Waals surface area (Å²) in [4.78, 5) is 1.83. The average molecular weight is 274 g/mol. The van der Waals surface area contributed by atoms with Crippen LogP contribution >= 0.6 is 0 Å². The molecule has 0 aliphatic rings. The van der Waals surface area contributed by atoms with Crippen molar-refractivity contribution in [3.63, 3.8) is 0 Å². The van der Waals surface area contributed by atoms with Crippen molar-refractivity contribution in [1.29, 1.82) is 0 Å². The maximum atomic E-state index is 10.1. The molecule has 2 aromatic rings. The lowest BCUT2D eigenvalue weighted by Gasteiger charge is -2.19. The van der Waals surface area contributed by atoms with Gasteiger partial charge in [-0.3, -0.25) is 10.00 Å². The second kappa shape index (κ2) is 6.65. The van der Waals surface area contributed by atoms with Gasteiger partial charge in [0.1, 0.15) is 6.23 Å². The monoisotopic (exact) mass is 274 g/mol. The van der Waals surface area contributed by atoms with Crippen molar-refractivity contribution in [3.8, 4) is 11.3 Å². The predicted molar refractivity (Wildman–Crippen MR) is 80.0 cm³/mol. The number of aliphatic hydroxyl groups excluding tert-OH is 1. The summed E-state index contributed by atoms with van der Waals surface area (Å²) in [5, 5.41) is 17.3. The molecule has 0 aliphatic carbocycles. The highest BCUT2D eigenvalue weighted by Gasteiger charge is 2.15. The Bertz CT molecular complexity index is 535. The first-order valence-electron chi connectivity index (χ1n) is 6.88. The van der Waals surface area contributed by atoms with Crippen molar-refractivity contribution in [2.45, 2.75) is 19.6 Å². The fourth-order valence-electron chi connectivity index (χ4n) is 2.04. The third-order valence-corrected chi connectivity index (χ3v) is 3.47. The molecule has 0 amide bonds. The summed E-state index contributed by atoms with van der Waals surface area (Å²) in [5.74, 6) is 0. The molecule has 0 bridgehead atoms. The summed E-state index contributed by atoms with van der Waals surface area (Å²) < 4.78 is 0. The van der Waals surface area contributed by atoms with Gasteiger partial charge in [0, 0.05) is 5.56 Å². The van der Waals surface area contributed by atoms with Crippen molar-refractivity contribution in [2.24, 2.45) is 5.73 Å². The van der Waals surface area contributed by atoms with E-state index in [2.05, 4.69) is 22.3 Å². The SMILES string of the molecule is CCN(C)C(O)c1cc(-c2ccc(CCN)cc2)n[nH]1. The number of aliphatic hydroxyl groups is 1. The number of nitrogens with zero attached hydrogens (tertiary/aromatic N) is 2. The molecule has 0 aliphatic heterocycles. The van der Waals surface area contributed by atoms with Crippen LogP contribution in [-0.4, -0.2) is 40.3 Å². The number of aromatic amines is 1. The van der Waals surface area contributed by atoms with Gasteiger partial charge in [-0.15, -0.1) is 0 Å². The number of nitrogens with one attached hydrogen (secondary N) is 1. The first-order chi connectivity index (χ1) is 9.65. The molecule has 0 radical (unpaired) electrons. The molecule has 2 rings (SSSR count). The summed E-state index contributed by atoms with van der Waals surface area (Å²) in [6.07, 6.45) is 0.226. The fourth-order valence-corrected chi connectivity index (χ4v) is 2.04. The molecule has 4 N–H and O–H groups in total. The van der Waals surface area contributed by atoms with Crippen molar-refractivity contribution in [2.75, 3.05) is 20.1 Å². The topological polar surface area (TPSA) is 78.2 Å². The number of hydrogen-bond donors (Lipinski definition) is 3. The molecule has 5 nitrogen and oxygen atoms in total. The van der Waals surface area contributed by atoms with Crippen LogP contribution in [0.1, 0.15) is 24.4 Å². The zero-order chi connectivity index (χ0) is 14.5. The highest BCUT2D eigenvalue weighted by atomic mass is 16.3. The van der Waals surface area contributed by atoms with Crippen LogP contribution in [0.2, 0.25) is 0 Å². The molecule has 108 valence electrons. The Morgan fingerprint density at radius 3 is 2.65 bits per heavy atom. The van der Waals surface area contributed by atoms with Gasteiger partial charge < -0.3 is 10.8 Å². The first-order valence-corrected chi connectivity index (χ1v) is 6.88. The van der Waals surface area contributed by atoms with Crippen LogP contribution in [0.4, 0.5) is 0 Å². The summed E-state index contributed by atoms with van der Waals surface area (Å²) in [6, 6.07) is 10.1. The maximum Gasteiger partial charge on any atom is 0.149 e. The Morgan fingerprint density at radius 2 is 2.05 bits per heavy atom. The Balaban J connectivity index is 2.15. The van der Waals surface area contributed by atoms with Gasteiger partial charge in [0.2, 0.25) is 0 Å². The lowest BCUT2D eigenvalue weighted by atomic mass is 10.1. The van der Waals surface area contributed by atoms with Gasteiger partial charge in [0.25, 0.3) is 0 Å². The van der Waals surface area contributed by atoms with Crippen LogP contribution in [0.15, 0.2) is 30.3 Å². The van der Waals surface area contributed by atoms with E-state index in [-0.39, 0.29) is 0 Å². The van der Waals surface area contributed by atoms with E-state index in [4.69, 9.17) is 5.73 Å². The summed E-state index contributed by atoms with van der Waals surface area (Å²) in [6.45, 7) is 3.42. The highest BCUT2D eigenvalue weighted by Crippen LogP contribution is 2.22. The molecule has 1 unspecified atom stereocenters. The van der Waals surface area contributed by atoms with E-state index < -0.39 is 6.23 Å². The van der Waals surface area contributed by atoms with Gasteiger partial charge in [-0.1, -0.05) is 31.2 Å². The van der Waals surface area contributed by atoms with E-state index in [1.54, 1.807) is 0 Å².